The summed E-state index contributed by atoms with van der Waals surface area (Å²) < 4.78 is 4.50. The van der Waals surface area contributed by atoms with Crippen LogP contribution in [-0.4, -0.2) is 25.5 Å². The SMILES string of the molecule is COC(=O)/C=C/CNC(=O)C1(c2cccc(C#N)c2)CC1(C)C. The Labute approximate surface area is 135 Å². The third kappa shape index (κ3) is 3.11. The van der Waals surface area contributed by atoms with Gasteiger partial charge in [-0.2, -0.15) is 5.26 Å². The summed E-state index contributed by atoms with van der Waals surface area (Å²) >= 11 is 0. The van der Waals surface area contributed by atoms with Crippen molar-refractivity contribution in [2.24, 2.45) is 5.41 Å². The maximum atomic E-state index is 12.7. The third-order valence-electron chi connectivity index (χ3n) is 4.45. The zero-order valence-electron chi connectivity index (χ0n) is 13.6. The minimum atomic E-state index is -0.626. The molecule has 23 heavy (non-hydrogen) atoms. The van der Waals surface area contributed by atoms with Crippen LogP contribution >= 0.6 is 0 Å². The van der Waals surface area contributed by atoms with Crippen LogP contribution in [0.4, 0.5) is 0 Å². The van der Waals surface area contributed by atoms with Crippen molar-refractivity contribution in [1.29, 1.82) is 5.26 Å². The predicted molar refractivity (Wildman–Crippen MR) is 85.4 cm³/mol. The lowest BCUT2D eigenvalue weighted by Crippen LogP contribution is -2.38. The van der Waals surface area contributed by atoms with Gasteiger partial charge in [0, 0.05) is 12.6 Å². The Morgan fingerprint density at radius 3 is 2.70 bits per heavy atom. The monoisotopic (exact) mass is 312 g/mol. The summed E-state index contributed by atoms with van der Waals surface area (Å²) in [5.41, 5.74) is 0.606. The number of hydrogen-bond acceptors (Lipinski definition) is 4. The van der Waals surface area contributed by atoms with E-state index in [1.807, 2.05) is 19.9 Å². The smallest absolute Gasteiger partial charge is 0.330 e. The summed E-state index contributed by atoms with van der Waals surface area (Å²) in [5.74, 6) is -0.547. The lowest BCUT2D eigenvalue weighted by molar-refractivity contribution is -0.135. The molecule has 1 aliphatic rings. The number of nitrogens with zero attached hydrogens (tertiary/aromatic N) is 1. The Morgan fingerprint density at radius 1 is 1.43 bits per heavy atom. The van der Waals surface area contributed by atoms with Crippen LogP contribution in [0.3, 0.4) is 0 Å². The lowest BCUT2D eigenvalue weighted by Gasteiger charge is -2.20. The summed E-state index contributed by atoms with van der Waals surface area (Å²) in [6, 6.07) is 9.30. The molecule has 1 N–H and O–H groups in total. The summed E-state index contributed by atoms with van der Waals surface area (Å²) in [6.07, 6.45) is 3.56. The van der Waals surface area contributed by atoms with Gasteiger partial charge >= 0.3 is 5.97 Å². The molecule has 0 aromatic heterocycles. The largest absolute Gasteiger partial charge is 0.466 e. The molecule has 0 saturated heterocycles. The van der Waals surface area contributed by atoms with E-state index in [-0.39, 0.29) is 17.9 Å². The second-order valence-electron chi connectivity index (χ2n) is 6.29. The Kier molecular flexibility index (Phi) is 4.55. The average Bonchev–Trinajstić information content (AvgIpc) is 3.15. The fourth-order valence-corrected chi connectivity index (χ4v) is 3.01. The van der Waals surface area contributed by atoms with E-state index in [0.29, 0.717) is 5.56 Å². The molecule has 0 radical (unpaired) electrons. The quantitative estimate of drug-likeness (QED) is 0.667. The van der Waals surface area contributed by atoms with Gasteiger partial charge in [-0.15, -0.1) is 0 Å². The molecule has 0 heterocycles. The van der Waals surface area contributed by atoms with Gasteiger partial charge in [0.15, 0.2) is 0 Å². The van der Waals surface area contributed by atoms with Crippen molar-refractivity contribution in [3.63, 3.8) is 0 Å². The van der Waals surface area contributed by atoms with E-state index in [4.69, 9.17) is 5.26 Å². The van der Waals surface area contributed by atoms with E-state index in [2.05, 4.69) is 16.1 Å². The fraction of sp³-hybridized carbons (Fsp3) is 0.389. The van der Waals surface area contributed by atoms with Crippen molar-refractivity contribution in [3.05, 3.63) is 47.5 Å². The number of methoxy groups -OCH3 is 1. The predicted octanol–water partition coefficient (Wildman–Crippen LogP) is 2.07. The Hall–Kier alpha value is -2.61. The zero-order chi connectivity index (χ0) is 17.1. The molecule has 1 unspecified atom stereocenters. The van der Waals surface area contributed by atoms with Gasteiger partial charge in [-0.3, -0.25) is 4.79 Å². The van der Waals surface area contributed by atoms with Gasteiger partial charge in [0.05, 0.1) is 24.2 Å². The summed E-state index contributed by atoms with van der Waals surface area (Å²) in [6.45, 7) is 4.33. The molecule has 5 heteroatoms. The highest BCUT2D eigenvalue weighted by atomic mass is 16.5. The molecule has 1 saturated carbocycles. The number of carbonyl (C=O) groups is 2. The first-order chi connectivity index (χ1) is 10.9. The molecule has 1 aliphatic carbocycles. The van der Waals surface area contributed by atoms with Crippen molar-refractivity contribution in [3.8, 4) is 6.07 Å². The van der Waals surface area contributed by atoms with E-state index in [0.717, 1.165) is 12.0 Å². The highest BCUT2D eigenvalue weighted by Crippen LogP contribution is 2.64. The number of ether oxygens (including phenoxy) is 1. The molecule has 1 aromatic rings. The van der Waals surface area contributed by atoms with E-state index >= 15 is 0 Å². The molecule has 2 rings (SSSR count). The van der Waals surface area contributed by atoms with Crippen LogP contribution in [0, 0.1) is 16.7 Å². The third-order valence-corrected chi connectivity index (χ3v) is 4.45. The number of amides is 1. The van der Waals surface area contributed by atoms with Crippen LogP contribution in [-0.2, 0) is 19.7 Å². The number of esters is 1. The standard InChI is InChI=1S/C18H20N2O3/c1-17(2)12-18(17,14-7-4-6-13(10-14)11-19)16(22)20-9-5-8-15(21)23-3/h4-8,10H,9,12H2,1-3H3,(H,20,22)/b8-5+. The van der Waals surface area contributed by atoms with Crippen molar-refractivity contribution < 1.29 is 14.3 Å². The minimum absolute atomic E-state index is 0.0906. The van der Waals surface area contributed by atoms with Crippen molar-refractivity contribution in [1.82, 2.24) is 5.32 Å². The average molecular weight is 312 g/mol. The number of nitrogens with one attached hydrogen (secondary N) is 1. The lowest BCUT2D eigenvalue weighted by atomic mass is 9.86. The van der Waals surface area contributed by atoms with Crippen LogP contribution in [0.1, 0.15) is 31.4 Å². The van der Waals surface area contributed by atoms with Crippen LogP contribution in [0.15, 0.2) is 36.4 Å². The maximum Gasteiger partial charge on any atom is 0.330 e. The Morgan fingerprint density at radius 2 is 2.13 bits per heavy atom. The molecule has 0 bridgehead atoms. The van der Waals surface area contributed by atoms with Gasteiger partial charge in [-0.25, -0.2) is 4.79 Å². The van der Waals surface area contributed by atoms with Crippen LogP contribution < -0.4 is 5.32 Å². The van der Waals surface area contributed by atoms with Crippen molar-refractivity contribution in [2.75, 3.05) is 13.7 Å². The van der Waals surface area contributed by atoms with Crippen LogP contribution in [0.25, 0.3) is 0 Å². The number of hydrogen-bond donors (Lipinski definition) is 1. The minimum Gasteiger partial charge on any atom is -0.466 e. The number of carbonyl (C=O) groups excluding carboxylic acids is 2. The van der Waals surface area contributed by atoms with Gasteiger partial charge in [-0.1, -0.05) is 32.1 Å². The van der Waals surface area contributed by atoms with E-state index < -0.39 is 11.4 Å². The molecule has 5 nitrogen and oxygen atoms in total. The maximum absolute atomic E-state index is 12.7. The molecular formula is C18H20N2O3. The normalized spacial score (nSPS) is 21.5. The Bertz CT molecular complexity index is 700. The zero-order valence-corrected chi connectivity index (χ0v) is 13.6. The van der Waals surface area contributed by atoms with E-state index in [9.17, 15) is 9.59 Å². The second-order valence-corrected chi connectivity index (χ2v) is 6.29. The first kappa shape index (κ1) is 16.8. The Balaban J connectivity index is 2.16. The van der Waals surface area contributed by atoms with Gasteiger partial charge in [-0.05, 0) is 29.5 Å². The molecule has 1 amide bonds. The summed E-state index contributed by atoms with van der Waals surface area (Å²) in [5, 5.41) is 11.9. The molecule has 1 atom stereocenters. The number of benzene rings is 1. The molecule has 0 spiro atoms. The topological polar surface area (TPSA) is 79.2 Å². The van der Waals surface area contributed by atoms with Gasteiger partial charge < -0.3 is 10.1 Å². The van der Waals surface area contributed by atoms with Crippen LogP contribution in [0.2, 0.25) is 0 Å². The summed E-state index contributed by atoms with van der Waals surface area (Å²) in [7, 11) is 1.30. The second kappa shape index (κ2) is 6.25. The molecule has 0 aliphatic heterocycles. The van der Waals surface area contributed by atoms with Gasteiger partial charge in [0.2, 0.25) is 5.91 Å². The molecule has 1 fully saturated rings. The first-order valence-corrected chi connectivity index (χ1v) is 7.41. The van der Waals surface area contributed by atoms with E-state index in [1.54, 1.807) is 24.3 Å². The summed E-state index contributed by atoms with van der Waals surface area (Å²) in [4.78, 5) is 23.7. The first-order valence-electron chi connectivity index (χ1n) is 7.41. The van der Waals surface area contributed by atoms with Crippen molar-refractivity contribution >= 4 is 11.9 Å². The van der Waals surface area contributed by atoms with E-state index in [1.165, 1.54) is 13.2 Å². The molecule has 1 aromatic carbocycles. The van der Waals surface area contributed by atoms with Crippen molar-refractivity contribution in [2.45, 2.75) is 25.7 Å². The number of rotatable bonds is 5. The molecule has 120 valence electrons. The van der Waals surface area contributed by atoms with Gasteiger partial charge in [0.25, 0.3) is 0 Å². The highest BCUT2D eigenvalue weighted by Gasteiger charge is 2.66. The molecular weight excluding hydrogens is 292 g/mol. The van der Waals surface area contributed by atoms with Gasteiger partial charge in [0.1, 0.15) is 0 Å². The highest BCUT2D eigenvalue weighted by molar-refractivity contribution is 5.93. The van der Waals surface area contributed by atoms with Crippen LogP contribution in [0.5, 0.6) is 0 Å². The fourth-order valence-electron chi connectivity index (χ4n) is 3.01. The number of nitriles is 1.